The zero-order valence-corrected chi connectivity index (χ0v) is 19.0. The molecule has 2 aromatic carbocycles. The molecule has 8 nitrogen and oxygen atoms in total. The molecule has 1 amide bonds. The Morgan fingerprint density at radius 2 is 1.85 bits per heavy atom. The van der Waals surface area contributed by atoms with Gasteiger partial charge < -0.3 is 18.6 Å². The Morgan fingerprint density at radius 1 is 1.09 bits per heavy atom. The highest BCUT2D eigenvalue weighted by Crippen LogP contribution is 2.38. The van der Waals surface area contributed by atoms with E-state index in [1.807, 2.05) is 18.7 Å². The zero-order valence-electron chi connectivity index (χ0n) is 18.2. The van der Waals surface area contributed by atoms with Crippen LogP contribution in [0.2, 0.25) is 5.02 Å². The minimum Gasteiger partial charge on any atom is -0.454 e. The average molecular weight is 471 g/mol. The standard InChI is InChI=1S/C24H23ClN2O6/c1-13-9-27(10-14(2)32-13)11-21(28)26-24-22(15-3-5-19-20(7-15)31-12-30-19)23(29)17-8-16(25)4-6-18(17)33-24/h3-8,13-14H,9-12H2,1-2H3,(H,26,28)/t13-,14+. The van der Waals surface area contributed by atoms with Gasteiger partial charge in [-0.1, -0.05) is 17.7 Å². The van der Waals surface area contributed by atoms with E-state index in [0.717, 1.165) is 0 Å². The van der Waals surface area contributed by atoms with Crippen molar-refractivity contribution in [1.29, 1.82) is 0 Å². The molecule has 0 spiro atoms. The third-order valence-electron chi connectivity index (χ3n) is 5.63. The van der Waals surface area contributed by atoms with E-state index >= 15 is 0 Å². The summed E-state index contributed by atoms with van der Waals surface area (Å²) in [6.07, 6.45) is 0.0724. The molecule has 172 valence electrons. The minimum absolute atomic E-state index is 0.0362. The van der Waals surface area contributed by atoms with Crippen molar-refractivity contribution in [1.82, 2.24) is 4.90 Å². The molecule has 33 heavy (non-hydrogen) atoms. The number of ether oxygens (including phenoxy) is 3. The Bertz CT molecular complexity index is 1280. The van der Waals surface area contributed by atoms with Gasteiger partial charge in [0.1, 0.15) is 5.58 Å². The fourth-order valence-electron chi connectivity index (χ4n) is 4.35. The minimum atomic E-state index is -0.304. The number of nitrogens with zero attached hydrogens (tertiary/aromatic N) is 1. The van der Waals surface area contributed by atoms with Gasteiger partial charge in [-0.25, -0.2) is 0 Å². The summed E-state index contributed by atoms with van der Waals surface area (Å²) in [5.41, 5.74) is 0.790. The van der Waals surface area contributed by atoms with Gasteiger partial charge in [0.15, 0.2) is 11.5 Å². The molecule has 9 heteroatoms. The fraction of sp³-hybridized carbons (Fsp3) is 0.333. The molecule has 0 radical (unpaired) electrons. The molecule has 0 bridgehead atoms. The molecule has 5 rings (SSSR count). The molecule has 2 aliphatic rings. The van der Waals surface area contributed by atoms with Gasteiger partial charge in [0.2, 0.25) is 24.0 Å². The Labute approximate surface area is 195 Å². The van der Waals surface area contributed by atoms with Gasteiger partial charge in [-0.3, -0.25) is 19.8 Å². The lowest BCUT2D eigenvalue weighted by Crippen LogP contribution is -2.48. The van der Waals surface area contributed by atoms with Crippen LogP contribution in [0.15, 0.2) is 45.6 Å². The van der Waals surface area contributed by atoms with Gasteiger partial charge in [-0.2, -0.15) is 0 Å². The third kappa shape index (κ3) is 4.42. The van der Waals surface area contributed by atoms with E-state index in [4.69, 9.17) is 30.2 Å². The number of anilines is 1. The number of amides is 1. The van der Waals surface area contributed by atoms with Gasteiger partial charge >= 0.3 is 0 Å². The number of halogens is 1. The van der Waals surface area contributed by atoms with Crippen LogP contribution in [0.25, 0.3) is 22.1 Å². The maximum absolute atomic E-state index is 13.5. The molecule has 1 fully saturated rings. The summed E-state index contributed by atoms with van der Waals surface area (Å²) in [6, 6.07) is 9.96. The molecule has 0 aliphatic carbocycles. The smallest absolute Gasteiger partial charge is 0.240 e. The van der Waals surface area contributed by atoms with E-state index in [2.05, 4.69) is 5.32 Å². The highest BCUT2D eigenvalue weighted by atomic mass is 35.5. The van der Waals surface area contributed by atoms with Crippen molar-refractivity contribution < 1.29 is 23.4 Å². The van der Waals surface area contributed by atoms with Crippen LogP contribution in [0.1, 0.15) is 13.8 Å². The van der Waals surface area contributed by atoms with E-state index in [-0.39, 0.29) is 48.3 Å². The summed E-state index contributed by atoms with van der Waals surface area (Å²) in [5, 5.41) is 3.55. The number of carbonyl (C=O) groups is 1. The highest BCUT2D eigenvalue weighted by Gasteiger charge is 2.26. The predicted molar refractivity (Wildman–Crippen MR) is 124 cm³/mol. The first-order valence-corrected chi connectivity index (χ1v) is 11.1. The first-order chi connectivity index (χ1) is 15.9. The first kappa shape index (κ1) is 21.8. The molecule has 3 heterocycles. The first-order valence-electron chi connectivity index (χ1n) is 10.7. The van der Waals surface area contributed by atoms with E-state index in [9.17, 15) is 9.59 Å². The number of rotatable bonds is 4. The molecule has 0 saturated carbocycles. The van der Waals surface area contributed by atoms with Gasteiger partial charge in [0, 0.05) is 18.1 Å². The molecule has 2 aliphatic heterocycles. The molecule has 2 atom stereocenters. The monoisotopic (exact) mass is 470 g/mol. The van der Waals surface area contributed by atoms with E-state index in [1.54, 1.807) is 36.4 Å². The summed E-state index contributed by atoms with van der Waals surface area (Å²) in [6.45, 7) is 5.51. The van der Waals surface area contributed by atoms with Crippen molar-refractivity contribution in [3.8, 4) is 22.6 Å². The molecule has 1 N–H and O–H groups in total. The van der Waals surface area contributed by atoms with E-state index in [0.29, 0.717) is 46.1 Å². The number of morpholine rings is 1. The predicted octanol–water partition coefficient (Wildman–Crippen LogP) is 3.89. The largest absolute Gasteiger partial charge is 0.454 e. The van der Waals surface area contributed by atoms with Crippen LogP contribution in [-0.2, 0) is 9.53 Å². The molecular formula is C24H23ClN2O6. The SMILES string of the molecule is C[C@@H]1CN(CC(=O)Nc2oc3ccc(Cl)cc3c(=O)c2-c2ccc3c(c2)OCO3)C[C@H](C)O1. The van der Waals surface area contributed by atoms with Gasteiger partial charge in [-0.15, -0.1) is 0 Å². The van der Waals surface area contributed by atoms with Crippen LogP contribution in [-0.4, -0.2) is 49.4 Å². The topological polar surface area (TPSA) is 90.2 Å². The average Bonchev–Trinajstić information content (AvgIpc) is 3.21. The molecule has 3 aromatic rings. The maximum Gasteiger partial charge on any atom is 0.240 e. The highest BCUT2D eigenvalue weighted by molar-refractivity contribution is 6.31. The zero-order chi connectivity index (χ0) is 23.1. The van der Waals surface area contributed by atoms with Gasteiger partial charge in [0.25, 0.3) is 0 Å². The van der Waals surface area contributed by atoms with Crippen molar-refractivity contribution in [2.45, 2.75) is 26.1 Å². The third-order valence-corrected chi connectivity index (χ3v) is 5.86. The quantitative estimate of drug-likeness (QED) is 0.618. The second kappa shape index (κ2) is 8.70. The number of fused-ring (bicyclic) bond motifs is 2. The van der Waals surface area contributed by atoms with Crippen molar-refractivity contribution in [3.05, 3.63) is 51.6 Å². The second-order valence-electron chi connectivity index (χ2n) is 8.34. The second-order valence-corrected chi connectivity index (χ2v) is 8.78. The van der Waals surface area contributed by atoms with Crippen molar-refractivity contribution in [2.24, 2.45) is 0 Å². The van der Waals surface area contributed by atoms with Gasteiger partial charge in [-0.05, 0) is 49.7 Å². The van der Waals surface area contributed by atoms with Crippen LogP contribution < -0.4 is 20.2 Å². The number of hydrogen-bond donors (Lipinski definition) is 1. The molecular weight excluding hydrogens is 448 g/mol. The summed E-state index contributed by atoms with van der Waals surface area (Å²) < 4.78 is 22.6. The van der Waals surface area contributed by atoms with E-state index in [1.165, 1.54) is 0 Å². The van der Waals surface area contributed by atoms with Gasteiger partial charge in [0.05, 0.1) is 29.7 Å². The Morgan fingerprint density at radius 3 is 2.64 bits per heavy atom. The van der Waals surface area contributed by atoms with Crippen LogP contribution in [0, 0.1) is 0 Å². The summed E-state index contributed by atoms with van der Waals surface area (Å²) >= 11 is 6.12. The number of hydrogen-bond acceptors (Lipinski definition) is 7. The number of carbonyl (C=O) groups excluding carboxylic acids is 1. The Balaban J connectivity index is 1.53. The summed E-state index contributed by atoms with van der Waals surface area (Å²) in [7, 11) is 0. The summed E-state index contributed by atoms with van der Waals surface area (Å²) in [5.74, 6) is 0.905. The fourth-order valence-corrected chi connectivity index (χ4v) is 4.52. The van der Waals surface area contributed by atoms with Crippen molar-refractivity contribution >= 4 is 34.4 Å². The summed E-state index contributed by atoms with van der Waals surface area (Å²) in [4.78, 5) is 28.5. The lowest BCUT2D eigenvalue weighted by Gasteiger charge is -2.34. The van der Waals surface area contributed by atoms with Crippen LogP contribution in [0.4, 0.5) is 5.88 Å². The maximum atomic E-state index is 13.5. The molecule has 1 aromatic heterocycles. The van der Waals surface area contributed by atoms with Crippen molar-refractivity contribution in [2.75, 3.05) is 31.7 Å². The van der Waals surface area contributed by atoms with Crippen LogP contribution in [0.5, 0.6) is 11.5 Å². The lowest BCUT2D eigenvalue weighted by atomic mass is 10.0. The van der Waals surface area contributed by atoms with E-state index < -0.39 is 0 Å². The van der Waals surface area contributed by atoms with Crippen LogP contribution >= 0.6 is 11.6 Å². The number of nitrogens with one attached hydrogen (secondary N) is 1. The Hall–Kier alpha value is -3.07. The van der Waals surface area contributed by atoms with Crippen molar-refractivity contribution in [3.63, 3.8) is 0 Å². The van der Waals surface area contributed by atoms with Crippen LogP contribution in [0.3, 0.4) is 0 Å². The Kier molecular flexibility index (Phi) is 5.74. The molecule has 0 unspecified atom stereocenters. The molecule has 1 saturated heterocycles. The normalized spacial score (nSPS) is 20.2. The number of benzene rings is 2. The lowest BCUT2D eigenvalue weighted by molar-refractivity contribution is -0.121.